The Morgan fingerprint density at radius 2 is 2.28 bits per heavy atom. The molecule has 0 fully saturated rings. The molecular weight excluding hydrogens is 276 g/mol. The van der Waals surface area contributed by atoms with Crippen molar-refractivity contribution in [2.45, 2.75) is 16.7 Å². The zero-order chi connectivity index (χ0) is 13.8. The number of rotatable bonds is 5. The van der Waals surface area contributed by atoms with Gasteiger partial charge in [-0.05, 0) is 12.1 Å². The van der Waals surface area contributed by atoms with Gasteiger partial charge in [0, 0.05) is 6.42 Å². The highest BCUT2D eigenvalue weighted by atomic mass is 32.2. The number of sulfonamides is 1. The molecule has 1 rings (SSSR count). The van der Waals surface area contributed by atoms with E-state index in [-0.39, 0.29) is 15.5 Å². The third kappa shape index (κ3) is 3.31. The van der Waals surface area contributed by atoms with Crippen LogP contribution in [-0.2, 0) is 14.8 Å². The summed E-state index contributed by atoms with van der Waals surface area (Å²) in [5.74, 6) is 0.730. The Kier molecular flexibility index (Phi) is 4.45. The van der Waals surface area contributed by atoms with E-state index in [1.807, 2.05) is 4.72 Å². The second-order valence-corrected chi connectivity index (χ2v) is 6.18. The summed E-state index contributed by atoms with van der Waals surface area (Å²) >= 11 is 0.755. The fourth-order valence-electron chi connectivity index (χ4n) is 1.07. The van der Waals surface area contributed by atoms with Crippen LogP contribution in [-0.4, -0.2) is 25.5 Å². The van der Waals surface area contributed by atoms with Crippen molar-refractivity contribution in [3.8, 4) is 18.4 Å². The zero-order valence-corrected chi connectivity index (χ0v) is 10.6. The Morgan fingerprint density at radius 3 is 2.72 bits per heavy atom. The van der Waals surface area contributed by atoms with Crippen molar-refractivity contribution in [1.29, 1.82) is 5.26 Å². The number of nitrogens with zero attached hydrogens (tertiary/aromatic N) is 1. The first kappa shape index (κ1) is 14.2. The Bertz CT molecular complexity index is 634. The molecule has 94 valence electrons. The average molecular weight is 284 g/mol. The molecule has 8 heteroatoms. The molecule has 2 N–H and O–H groups in total. The number of hydrogen-bond acceptors (Lipinski definition) is 5. The molecule has 1 aromatic rings. The van der Waals surface area contributed by atoms with Gasteiger partial charge in [-0.3, -0.25) is 4.79 Å². The normalized spacial score (nSPS) is 12.3. The lowest BCUT2D eigenvalue weighted by Crippen LogP contribution is -2.40. The van der Waals surface area contributed by atoms with Crippen molar-refractivity contribution in [3.63, 3.8) is 0 Å². The number of carbonyl (C=O) groups is 1. The lowest BCUT2D eigenvalue weighted by atomic mass is 10.2. The number of nitrogens with one attached hydrogen (secondary N) is 1. The number of hydrogen-bond donors (Lipinski definition) is 2. The molecule has 0 spiro atoms. The smallest absolute Gasteiger partial charge is 0.322 e. The van der Waals surface area contributed by atoms with Gasteiger partial charge in [-0.1, -0.05) is 0 Å². The highest BCUT2D eigenvalue weighted by Crippen LogP contribution is 2.21. The minimum Gasteiger partial charge on any atom is -0.480 e. The number of terminal acetylenes is 1. The Morgan fingerprint density at radius 1 is 1.61 bits per heavy atom. The molecular formula is C10H8N2O4S2. The standard InChI is InChI=1S/C10H8N2O4S2/c1-2-3-8(10(13)14)12-18(15,16)9-5-4-7(6-11)17-9/h1,4-5,8,12H,3H2,(H,13,14). The zero-order valence-electron chi connectivity index (χ0n) is 8.95. The van der Waals surface area contributed by atoms with Gasteiger partial charge < -0.3 is 5.11 Å². The maximum absolute atomic E-state index is 11.8. The van der Waals surface area contributed by atoms with Crippen molar-refractivity contribution in [2.75, 3.05) is 0 Å². The molecule has 1 unspecified atom stereocenters. The van der Waals surface area contributed by atoms with E-state index in [0.29, 0.717) is 0 Å². The summed E-state index contributed by atoms with van der Waals surface area (Å²) in [5.41, 5.74) is 0. The number of carboxylic acids is 1. The van der Waals surface area contributed by atoms with Gasteiger partial charge in [-0.2, -0.15) is 9.98 Å². The van der Waals surface area contributed by atoms with Gasteiger partial charge in [0.05, 0.1) is 0 Å². The van der Waals surface area contributed by atoms with Gasteiger partial charge in [0.2, 0.25) is 0 Å². The molecule has 18 heavy (non-hydrogen) atoms. The summed E-state index contributed by atoms with van der Waals surface area (Å²) in [6.45, 7) is 0. The monoisotopic (exact) mass is 284 g/mol. The molecule has 0 saturated heterocycles. The fourth-order valence-corrected chi connectivity index (χ4v) is 3.38. The minimum absolute atomic E-state index is 0.123. The van der Waals surface area contributed by atoms with Crippen LogP contribution in [0.25, 0.3) is 0 Å². The SMILES string of the molecule is C#CCC(NS(=O)(=O)c1ccc(C#N)s1)C(=O)O. The molecule has 0 saturated carbocycles. The Balaban J connectivity index is 2.98. The summed E-state index contributed by atoms with van der Waals surface area (Å²) in [5, 5.41) is 17.4. The first-order valence-corrected chi connectivity index (χ1v) is 6.89. The van der Waals surface area contributed by atoms with Crippen LogP contribution in [0.3, 0.4) is 0 Å². The fraction of sp³-hybridized carbons (Fsp3) is 0.200. The van der Waals surface area contributed by atoms with E-state index in [0.717, 1.165) is 11.3 Å². The second-order valence-electron chi connectivity index (χ2n) is 3.15. The Hall–Kier alpha value is -1.87. The molecule has 6 nitrogen and oxygen atoms in total. The number of nitriles is 1. The van der Waals surface area contributed by atoms with E-state index in [4.69, 9.17) is 16.8 Å². The maximum Gasteiger partial charge on any atom is 0.322 e. The number of carboxylic acid groups (broad SMARTS) is 1. The first-order valence-electron chi connectivity index (χ1n) is 4.59. The highest BCUT2D eigenvalue weighted by molar-refractivity contribution is 7.91. The quantitative estimate of drug-likeness (QED) is 0.760. The summed E-state index contributed by atoms with van der Waals surface area (Å²) in [6.07, 6.45) is 4.70. The molecule has 0 aliphatic rings. The van der Waals surface area contributed by atoms with Gasteiger partial charge in [0.1, 0.15) is 21.2 Å². The maximum atomic E-state index is 11.8. The van der Waals surface area contributed by atoms with Crippen LogP contribution >= 0.6 is 11.3 Å². The number of aliphatic carboxylic acids is 1. The van der Waals surface area contributed by atoms with Crippen LogP contribution < -0.4 is 4.72 Å². The average Bonchev–Trinajstić information content (AvgIpc) is 2.77. The van der Waals surface area contributed by atoms with E-state index in [9.17, 15) is 13.2 Å². The minimum atomic E-state index is -3.97. The van der Waals surface area contributed by atoms with E-state index >= 15 is 0 Å². The summed E-state index contributed by atoms with van der Waals surface area (Å²) < 4.78 is 25.5. The van der Waals surface area contributed by atoms with Crippen LogP contribution in [0, 0.1) is 23.7 Å². The molecule has 0 aliphatic heterocycles. The number of thiophene rings is 1. The molecule has 0 aromatic carbocycles. The van der Waals surface area contributed by atoms with Crippen LogP contribution in [0.15, 0.2) is 16.3 Å². The van der Waals surface area contributed by atoms with Crippen molar-refractivity contribution < 1.29 is 18.3 Å². The molecule has 1 heterocycles. The molecule has 0 amide bonds. The molecule has 1 aromatic heterocycles. The van der Waals surface area contributed by atoms with Crippen LogP contribution in [0.2, 0.25) is 0 Å². The summed E-state index contributed by atoms with van der Waals surface area (Å²) in [7, 11) is -3.97. The van der Waals surface area contributed by atoms with Crippen molar-refractivity contribution in [3.05, 3.63) is 17.0 Å². The van der Waals surface area contributed by atoms with E-state index in [1.54, 1.807) is 6.07 Å². The molecule has 0 radical (unpaired) electrons. The van der Waals surface area contributed by atoms with E-state index < -0.39 is 22.0 Å². The third-order valence-electron chi connectivity index (χ3n) is 1.87. The van der Waals surface area contributed by atoms with Crippen LogP contribution in [0.5, 0.6) is 0 Å². The van der Waals surface area contributed by atoms with Gasteiger partial charge in [-0.15, -0.1) is 23.7 Å². The lowest BCUT2D eigenvalue weighted by Gasteiger charge is -2.10. The van der Waals surface area contributed by atoms with E-state index in [1.165, 1.54) is 12.1 Å². The van der Waals surface area contributed by atoms with Gasteiger partial charge in [0.15, 0.2) is 0 Å². The predicted molar refractivity (Wildman–Crippen MR) is 64.2 cm³/mol. The van der Waals surface area contributed by atoms with Crippen molar-refractivity contribution >= 4 is 27.3 Å². The molecule has 1 atom stereocenters. The van der Waals surface area contributed by atoms with E-state index in [2.05, 4.69) is 5.92 Å². The first-order chi connectivity index (χ1) is 8.40. The molecule has 0 bridgehead atoms. The van der Waals surface area contributed by atoms with Gasteiger partial charge in [0.25, 0.3) is 10.0 Å². The highest BCUT2D eigenvalue weighted by Gasteiger charge is 2.25. The van der Waals surface area contributed by atoms with Gasteiger partial charge in [-0.25, -0.2) is 8.42 Å². The second kappa shape index (κ2) is 5.65. The molecule has 0 aliphatic carbocycles. The van der Waals surface area contributed by atoms with Gasteiger partial charge >= 0.3 is 5.97 Å². The van der Waals surface area contributed by atoms with Crippen LogP contribution in [0.1, 0.15) is 11.3 Å². The lowest BCUT2D eigenvalue weighted by molar-refractivity contribution is -0.138. The van der Waals surface area contributed by atoms with Crippen molar-refractivity contribution in [2.24, 2.45) is 0 Å². The van der Waals surface area contributed by atoms with Crippen LogP contribution in [0.4, 0.5) is 0 Å². The third-order valence-corrected chi connectivity index (χ3v) is 4.83. The topological polar surface area (TPSA) is 107 Å². The summed E-state index contributed by atoms with van der Waals surface area (Å²) in [6, 6.07) is 3.00. The predicted octanol–water partition coefficient (Wildman–Crippen LogP) is 0.375. The van der Waals surface area contributed by atoms with Crippen molar-refractivity contribution in [1.82, 2.24) is 4.72 Å². The largest absolute Gasteiger partial charge is 0.480 e. The summed E-state index contributed by atoms with van der Waals surface area (Å²) in [4.78, 5) is 11.0. The Labute approximate surface area is 108 Å².